The third-order valence-corrected chi connectivity index (χ3v) is 2.57. The number of amides is 1. The average Bonchev–Trinajstić information content (AvgIpc) is 3.02. The van der Waals surface area contributed by atoms with Gasteiger partial charge in [-0.05, 0) is 25.1 Å². The fourth-order valence-corrected chi connectivity index (χ4v) is 1.67. The van der Waals surface area contributed by atoms with Crippen LogP contribution in [0, 0.1) is 0 Å². The third-order valence-electron chi connectivity index (χ3n) is 2.57. The first-order chi connectivity index (χ1) is 8.66. The van der Waals surface area contributed by atoms with E-state index in [1.807, 2.05) is 6.92 Å². The van der Waals surface area contributed by atoms with E-state index in [0.29, 0.717) is 17.9 Å². The van der Waals surface area contributed by atoms with Crippen LogP contribution in [-0.2, 0) is 0 Å². The lowest BCUT2D eigenvalue weighted by molar-refractivity contribution is 0.0898. The molecule has 2 unspecified atom stereocenters. The molecule has 0 saturated carbocycles. The molecule has 2 aromatic rings. The van der Waals surface area contributed by atoms with Gasteiger partial charge in [-0.2, -0.15) is 5.10 Å². The maximum atomic E-state index is 11.7. The highest BCUT2D eigenvalue weighted by Crippen LogP contribution is 2.18. The molecule has 0 radical (unpaired) electrons. The minimum Gasteiger partial charge on any atom is -0.467 e. The van der Waals surface area contributed by atoms with Crippen LogP contribution in [0.2, 0.25) is 0 Å². The van der Waals surface area contributed by atoms with Crippen LogP contribution in [0.25, 0.3) is 0 Å². The molecule has 0 aliphatic carbocycles. The van der Waals surface area contributed by atoms with E-state index >= 15 is 0 Å². The lowest BCUT2D eigenvalue weighted by Gasteiger charge is -2.16. The summed E-state index contributed by atoms with van der Waals surface area (Å²) in [6.07, 6.45) is 2.67. The molecule has 0 fully saturated rings. The van der Waals surface area contributed by atoms with E-state index in [-0.39, 0.29) is 11.9 Å². The zero-order chi connectivity index (χ0) is 13.0. The predicted octanol–water partition coefficient (Wildman–Crippen LogP) is 1.24. The summed E-state index contributed by atoms with van der Waals surface area (Å²) in [5, 5.41) is 18.9. The molecule has 18 heavy (non-hydrogen) atoms. The van der Waals surface area contributed by atoms with Gasteiger partial charge in [-0.25, -0.2) is 0 Å². The second kappa shape index (κ2) is 5.50. The van der Waals surface area contributed by atoms with Gasteiger partial charge in [-0.15, -0.1) is 0 Å². The van der Waals surface area contributed by atoms with Crippen molar-refractivity contribution in [3.8, 4) is 0 Å². The van der Waals surface area contributed by atoms with Crippen molar-refractivity contribution in [2.24, 2.45) is 0 Å². The number of aliphatic hydroxyl groups excluding tert-OH is 1. The van der Waals surface area contributed by atoms with Crippen molar-refractivity contribution < 1.29 is 14.3 Å². The molecule has 0 aliphatic heterocycles. The second-order valence-corrected chi connectivity index (χ2v) is 4.11. The number of aromatic amines is 1. The minimum absolute atomic E-state index is 0.180. The summed E-state index contributed by atoms with van der Waals surface area (Å²) in [6, 6.07) is 4.83. The fraction of sp³-hybridized carbons (Fsp3) is 0.333. The predicted molar refractivity (Wildman–Crippen MR) is 63.8 cm³/mol. The molecule has 0 bridgehead atoms. The first-order valence-corrected chi connectivity index (χ1v) is 5.68. The Balaban J connectivity index is 1.85. The highest BCUT2D eigenvalue weighted by Gasteiger charge is 2.17. The van der Waals surface area contributed by atoms with E-state index < -0.39 is 6.10 Å². The number of rotatable bonds is 5. The lowest BCUT2D eigenvalue weighted by Crippen LogP contribution is -2.33. The van der Waals surface area contributed by atoms with Crippen molar-refractivity contribution in [2.75, 3.05) is 0 Å². The Hall–Kier alpha value is -2.08. The molecule has 3 N–H and O–H groups in total. The number of carbonyl (C=O) groups is 1. The zero-order valence-electron chi connectivity index (χ0n) is 9.96. The van der Waals surface area contributed by atoms with Crippen molar-refractivity contribution in [1.82, 2.24) is 15.5 Å². The van der Waals surface area contributed by atoms with Crippen LogP contribution in [0.5, 0.6) is 0 Å². The first-order valence-electron chi connectivity index (χ1n) is 5.68. The van der Waals surface area contributed by atoms with Gasteiger partial charge in [0.2, 0.25) is 0 Å². The highest BCUT2D eigenvalue weighted by atomic mass is 16.4. The Morgan fingerprint density at radius 1 is 1.61 bits per heavy atom. The second-order valence-electron chi connectivity index (χ2n) is 4.11. The molecule has 6 nitrogen and oxygen atoms in total. The number of H-pyrrole nitrogens is 1. The van der Waals surface area contributed by atoms with Crippen molar-refractivity contribution in [3.05, 3.63) is 42.1 Å². The number of carbonyl (C=O) groups excluding carboxylic acids is 1. The summed E-state index contributed by atoms with van der Waals surface area (Å²) in [7, 11) is 0. The highest BCUT2D eigenvalue weighted by molar-refractivity contribution is 5.92. The largest absolute Gasteiger partial charge is 0.467 e. The minimum atomic E-state index is -0.725. The first kappa shape index (κ1) is 12.4. The number of aromatic nitrogens is 2. The number of nitrogens with one attached hydrogen (secondary N) is 2. The van der Waals surface area contributed by atoms with E-state index in [1.165, 1.54) is 12.5 Å². The standard InChI is InChI=1S/C12H15N3O3/c1-8(7-10(16)11-3-2-6-18-11)14-12(17)9-4-5-13-15-9/h2-6,8,10,16H,7H2,1H3,(H,13,15)(H,14,17). The van der Waals surface area contributed by atoms with Gasteiger partial charge < -0.3 is 14.8 Å². The molecule has 2 atom stereocenters. The van der Waals surface area contributed by atoms with Crippen LogP contribution in [-0.4, -0.2) is 27.3 Å². The molecule has 2 aromatic heterocycles. The molecule has 2 heterocycles. The molecule has 0 spiro atoms. The zero-order valence-corrected chi connectivity index (χ0v) is 9.96. The number of hydrogen-bond acceptors (Lipinski definition) is 4. The molecule has 0 aromatic carbocycles. The van der Waals surface area contributed by atoms with Crippen molar-refractivity contribution >= 4 is 5.91 Å². The van der Waals surface area contributed by atoms with E-state index in [1.54, 1.807) is 18.2 Å². The normalized spacial score (nSPS) is 14.1. The molecule has 0 aliphatic rings. The smallest absolute Gasteiger partial charge is 0.269 e. The van der Waals surface area contributed by atoms with Gasteiger partial charge >= 0.3 is 0 Å². The molecule has 2 rings (SSSR count). The molecule has 1 amide bonds. The summed E-state index contributed by atoms with van der Waals surface area (Å²) in [5.41, 5.74) is 0.398. The van der Waals surface area contributed by atoms with Gasteiger partial charge in [0.1, 0.15) is 17.6 Å². The lowest BCUT2D eigenvalue weighted by atomic mass is 10.1. The van der Waals surface area contributed by atoms with Crippen molar-refractivity contribution in [2.45, 2.75) is 25.5 Å². The average molecular weight is 249 g/mol. The van der Waals surface area contributed by atoms with Crippen LogP contribution < -0.4 is 5.32 Å². The topological polar surface area (TPSA) is 91.2 Å². The monoisotopic (exact) mass is 249 g/mol. The molecule has 0 saturated heterocycles. The van der Waals surface area contributed by atoms with Gasteiger partial charge in [0, 0.05) is 18.7 Å². The quantitative estimate of drug-likeness (QED) is 0.743. The summed E-state index contributed by atoms with van der Waals surface area (Å²) >= 11 is 0. The Labute approximate surface area is 104 Å². The maximum Gasteiger partial charge on any atom is 0.269 e. The molecular formula is C12H15N3O3. The third kappa shape index (κ3) is 2.98. The molecule has 6 heteroatoms. The van der Waals surface area contributed by atoms with Gasteiger partial charge in [-0.1, -0.05) is 0 Å². The summed E-state index contributed by atoms with van der Waals surface area (Å²) in [4.78, 5) is 11.7. The Morgan fingerprint density at radius 3 is 3.06 bits per heavy atom. The fourth-order valence-electron chi connectivity index (χ4n) is 1.67. The van der Waals surface area contributed by atoms with Crippen LogP contribution in [0.15, 0.2) is 35.1 Å². The van der Waals surface area contributed by atoms with Gasteiger partial charge in [0.05, 0.1) is 6.26 Å². The number of hydrogen-bond donors (Lipinski definition) is 3. The summed E-state index contributed by atoms with van der Waals surface area (Å²) in [5.74, 6) is 0.254. The summed E-state index contributed by atoms with van der Waals surface area (Å²) < 4.78 is 5.09. The van der Waals surface area contributed by atoms with Crippen LogP contribution in [0.1, 0.15) is 35.7 Å². The van der Waals surface area contributed by atoms with Gasteiger partial charge in [0.25, 0.3) is 5.91 Å². The number of furan rings is 1. The molecular weight excluding hydrogens is 234 g/mol. The van der Waals surface area contributed by atoms with Gasteiger partial charge in [0.15, 0.2) is 0 Å². The maximum absolute atomic E-state index is 11.7. The Bertz CT molecular complexity index is 479. The SMILES string of the molecule is CC(CC(O)c1ccco1)NC(=O)c1ccn[nH]1. The van der Waals surface area contributed by atoms with E-state index in [2.05, 4.69) is 15.5 Å². The van der Waals surface area contributed by atoms with Gasteiger partial charge in [-0.3, -0.25) is 9.89 Å². The van der Waals surface area contributed by atoms with Crippen molar-refractivity contribution in [1.29, 1.82) is 0 Å². The molecule has 96 valence electrons. The Kier molecular flexibility index (Phi) is 3.78. The van der Waals surface area contributed by atoms with E-state index in [9.17, 15) is 9.90 Å². The van der Waals surface area contributed by atoms with Crippen LogP contribution in [0.4, 0.5) is 0 Å². The van der Waals surface area contributed by atoms with Crippen LogP contribution in [0.3, 0.4) is 0 Å². The number of aliphatic hydroxyl groups is 1. The van der Waals surface area contributed by atoms with Crippen molar-refractivity contribution in [3.63, 3.8) is 0 Å². The van der Waals surface area contributed by atoms with E-state index in [4.69, 9.17) is 4.42 Å². The number of nitrogens with zero attached hydrogens (tertiary/aromatic N) is 1. The van der Waals surface area contributed by atoms with Crippen LogP contribution >= 0.6 is 0 Å². The Morgan fingerprint density at radius 2 is 2.44 bits per heavy atom. The summed E-state index contributed by atoms with van der Waals surface area (Å²) in [6.45, 7) is 1.82. The van der Waals surface area contributed by atoms with E-state index in [0.717, 1.165) is 0 Å².